The molecule has 2 rings (SSSR count). The van der Waals surface area contributed by atoms with Crippen molar-refractivity contribution in [2.75, 3.05) is 0 Å². The number of aromatic nitrogens is 1. The molecule has 1 heterocycles. The molecule has 0 aliphatic rings. The number of Topliss-reactive ketones (excluding diaryl/α,β-unsaturated/α-hetero) is 1. The SMILES string of the molecule is CC(=O)C(Cc1c[nH]c2ccccc12)NC(=O)C(CC(C)C)N=O. The summed E-state index contributed by atoms with van der Waals surface area (Å²) < 4.78 is 0. The monoisotopic (exact) mass is 329 g/mol. The normalized spacial score (nSPS) is 13.7. The minimum absolute atomic E-state index is 0.150. The average molecular weight is 329 g/mol. The van der Waals surface area contributed by atoms with Gasteiger partial charge in [-0.25, -0.2) is 0 Å². The molecule has 2 atom stereocenters. The molecule has 24 heavy (non-hydrogen) atoms. The number of nitrogens with zero attached hydrogens (tertiary/aromatic N) is 1. The smallest absolute Gasteiger partial charge is 0.249 e. The Morgan fingerprint density at radius 3 is 2.58 bits per heavy atom. The van der Waals surface area contributed by atoms with Crippen LogP contribution in [0.2, 0.25) is 0 Å². The van der Waals surface area contributed by atoms with E-state index >= 15 is 0 Å². The van der Waals surface area contributed by atoms with Gasteiger partial charge in [-0.3, -0.25) is 9.59 Å². The third-order valence-electron chi connectivity index (χ3n) is 4.03. The molecular weight excluding hydrogens is 306 g/mol. The van der Waals surface area contributed by atoms with Crippen LogP contribution in [0.1, 0.15) is 32.8 Å². The maximum atomic E-state index is 12.3. The van der Waals surface area contributed by atoms with Crippen LogP contribution >= 0.6 is 0 Å². The summed E-state index contributed by atoms with van der Waals surface area (Å²) >= 11 is 0. The molecule has 0 radical (unpaired) electrons. The van der Waals surface area contributed by atoms with Crippen LogP contribution in [0.3, 0.4) is 0 Å². The summed E-state index contributed by atoms with van der Waals surface area (Å²) in [6, 6.07) is 6.14. The Kier molecular flexibility index (Phi) is 5.84. The minimum atomic E-state index is -0.963. The van der Waals surface area contributed by atoms with Gasteiger partial charge in [0.2, 0.25) is 5.91 Å². The van der Waals surface area contributed by atoms with Crippen LogP contribution in [0, 0.1) is 10.8 Å². The molecule has 128 valence electrons. The van der Waals surface area contributed by atoms with Crippen molar-refractivity contribution in [2.45, 2.75) is 45.7 Å². The van der Waals surface area contributed by atoms with Gasteiger partial charge in [0.05, 0.1) is 6.04 Å². The lowest BCUT2D eigenvalue weighted by Gasteiger charge is -2.18. The zero-order valence-corrected chi connectivity index (χ0v) is 14.2. The predicted molar refractivity (Wildman–Crippen MR) is 93.7 cm³/mol. The number of hydrogen-bond donors (Lipinski definition) is 2. The number of fused-ring (bicyclic) bond motifs is 1. The predicted octanol–water partition coefficient (Wildman–Crippen LogP) is 2.97. The first-order chi connectivity index (χ1) is 11.4. The maximum Gasteiger partial charge on any atom is 0.249 e. The van der Waals surface area contributed by atoms with Crippen LogP contribution in [0.5, 0.6) is 0 Å². The fourth-order valence-corrected chi connectivity index (χ4v) is 2.73. The zero-order valence-electron chi connectivity index (χ0n) is 14.2. The molecular formula is C18H23N3O3. The van der Waals surface area contributed by atoms with Crippen LogP contribution in [0.4, 0.5) is 0 Å². The Labute approximate surface area is 141 Å². The van der Waals surface area contributed by atoms with Gasteiger partial charge in [0, 0.05) is 23.5 Å². The van der Waals surface area contributed by atoms with Gasteiger partial charge in [0.1, 0.15) is 0 Å². The second-order valence-corrected chi connectivity index (χ2v) is 6.49. The molecule has 1 aromatic heterocycles. The number of benzene rings is 1. The highest BCUT2D eigenvalue weighted by atomic mass is 16.3. The number of H-pyrrole nitrogens is 1. The number of nitroso groups, excluding NO2 is 1. The number of ketones is 1. The second kappa shape index (κ2) is 7.86. The van der Waals surface area contributed by atoms with E-state index in [0.29, 0.717) is 12.8 Å². The first-order valence-electron chi connectivity index (χ1n) is 8.10. The van der Waals surface area contributed by atoms with E-state index in [1.807, 2.05) is 44.3 Å². The van der Waals surface area contributed by atoms with Crippen molar-refractivity contribution < 1.29 is 9.59 Å². The molecule has 2 N–H and O–H groups in total. The largest absolute Gasteiger partial charge is 0.361 e. The van der Waals surface area contributed by atoms with Crippen LogP contribution < -0.4 is 5.32 Å². The van der Waals surface area contributed by atoms with Gasteiger partial charge < -0.3 is 10.3 Å². The van der Waals surface area contributed by atoms with Gasteiger partial charge in [-0.2, -0.15) is 0 Å². The molecule has 0 aliphatic heterocycles. The summed E-state index contributed by atoms with van der Waals surface area (Å²) in [7, 11) is 0. The summed E-state index contributed by atoms with van der Waals surface area (Å²) in [6.07, 6.45) is 2.59. The molecule has 2 aromatic rings. The van der Waals surface area contributed by atoms with Crippen molar-refractivity contribution in [2.24, 2.45) is 11.1 Å². The van der Waals surface area contributed by atoms with E-state index in [-0.39, 0.29) is 11.7 Å². The summed E-state index contributed by atoms with van der Waals surface area (Å²) in [6.45, 7) is 5.27. The van der Waals surface area contributed by atoms with Crippen molar-refractivity contribution in [3.8, 4) is 0 Å². The summed E-state index contributed by atoms with van der Waals surface area (Å²) in [5.74, 6) is -0.468. The number of carbonyl (C=O) groups is 2. The summed E-state index contributed by atoms with van der Waals surface area (Å²) in [4.78, 5) is 38.3. The van der Waals surface area contributed by atoms with E-state index in [1.54, 1.807) is 0 Å². The molecule has 0 spiro atoms. The van der Waals surface area contributed by atoms with Crippen LogP contribution in [0.25, 0.3) is 10.9 Å². The number of amides is 1. The lowest BCUT2D eigenvalue weighted by Crippen LogP contribution is -2.45. The van der Waals surface area contributed by atoms with Crippen LogP contribution in [-0.4, -0.2) is 28.8 Å². The van der Waals surface area contributed by atoms with Crippen molar-refractivity contribution in [3.05, 3.63) is 40.9 Å². The second-order valence-electron chi connectivity index (χ2n) is 6.49. The van der Waals surface area contributed by atoms with Gasteiger partial charge in [0.25, 0.3) is 0 Å². The zero-order chi connectivity index (χ0) is 17.7. The van der Waals surface area contributed by atoms with E-state index in [0.717, 1.165) is 16.5 Å². The highest BCUT2D eigenvalue weighted by Crippen LogP contribution is 2.19. The highest BCUT2D eigenvalue weighted by Gasteiger charge is 2.25. The Morgan fingerprint density at radius 2 is 1.96 bits per heavy atom. The fraction of sp³-hybridized carbons (Fsp3) is 0.444. The quantitative estimate of drug-likeness (QED) is 0.729. The van der Waals surface area contributed by atoms with E-state index in [4.69, 9.17) is 0 Å². The Hall–Kier alpha value is -2.50. The topological polar surface area (TPSA) is 91.4 Å². The van der Waals surface area contributed by atoms with Crippen molar-refractivity contribution in [3.63, 3.8) is 0 Å². The third-order valence-corrected chi connectivity index (χ3v) is 4.03. The standard InChI is InChI=1S/C18H23N3O3/c1-11(2)8-17(21-24)18(23)20-16(12(3)22)9-13-10-19-15-7-5-4-6-14(13)15/h4-7,10-11,16-17,19H,8-9H2,1-3H3,(H,20,23). The maximum absolute atomic E-state index is 12.3. The van der Waals surface area contributed by atoms with Crippen molar-refractivity contribution in [1.29, 1.82) is 0 Å². The van der Waals surface area contributed by atoms with E-state index in [1.165, 1.54) is 6.92 Å². The lowest BCUT2D eigenvalue weighted by atomic mass is 10.0. The Balaban J connectivity index is 2.13. The molecule has 1 aromatic carbocycles. The third kappa shape index (κ3) is 4.28. The number of hydrogen-bond acceptors (Lipinski definition) is 4. The Morgan fingerprint density at radius 1 is 1.25 bits per heavy atom. The molecule has 6 heteroatoms. The number of nitrogens with one attached hydrogen (secondary N) is 2. The minimum Gasteiger partial charge on any atom is -0.361 e. The first-order valence-corrected chi connectivity index (χ1v) is 8.10. The molecule has 1 amide bonds. The number of aromatic amines is 1. The van der Waals surface area contributed by atoms with E-state index in [2.05, 4.69) is 15.5 Å². The van der Waals surface area contributed by atoms with Gasteiger partial charge in [0.15, 0.2) is 11.8 Å². The van der Waals surface area contributed by atoms with Gasteiger partial charge in [-0.15, -0.1) is 4.91 Å². The number of para-hydroxylation sites is 1. The summed E-state index contributed by atoms with van der Waals surface area (Å²) in [5, 5.41) is 6.61. The van der Waals surface area contributed by atoms with Crippen molar-refractivity contribution in [1.82, 2.24) is 10.3 Å². The summed E-state index contributed by atoms with van der Waals surface area (Å²) in [5.41, 5.74) is 1.93. The van der Waals surface area contributed by atoms with E-state index in [9.17, 15) is 14.5 Å². The fourth-order valence-electron chi connectivity index (χ4n) is 2.73. The molecule has 0 aliphatic carbocycles. The number of carbonyl (C=O) groups excluding carboxylic acids is 2. The van der Waals surface area contributed by atoms with Crippen LogP contribution in [0.15, 0.2) is 35.6 Å². The first kappa shape index (κ1) is 17.8. The average Bonchev–Trinajstić information content (AvgIpc) is 2.94. The molecule has 2 unspecified atom stereocenters. The van der Waals surface area contributed by atoms with E-state index < -0.39 is 18.0 Å². The Bertz CT molecular complexity index is 736. The highest BCUT2D eigenvalue weighted by molar-refractivity contribution is 5.91. The van der Waals surface area contributed by atoms with Crippen molar-refractivity contribution >= 4 is 22.6 Å². The molecule has 6 nitrogen and oxygen atoms in total. The van der Waals surface area contributed by atoms with Gasteiger partial charge >= 0.3 is 0 Å². The van der Waals surface area contributed by atoms with Gasteiger partial charge in [-0.05, 0) is 30.9 Å². The molecule has 0 fully saturated rings. The number of rotatable bonds is 8. The van der Waals surface area contributed by atoms with Gasteiger partial charge in [-0.1, -0.05) is 37.2 Å². The molecule has 0 saturated carbocycles. The van der Waals surface area contributed by atoms with Crippen LogP contribution in [-0.2, 0) is 16.0 Å². The lowest BCUT2D eigenvalue weighted by molar-refractivity contribution is -0.127. The molecule has 0 bridgehead atoms. The molecule has 0 saturated heterocycles.